The van der Waals surface area contributed by atoms with Crippen LogP contribution in [0, 0.1) is 0 Å². The van der Waals surface area contributed by atoms with Crippen LogP contribution in [0.4, 0.5) is 13.2 Å². The van der Waals surface area contributed by atoms with Gasteiger partial charge >= 0.3 is 5.51 Å². The Labute approximate surface area is 172 Å². The van der Waals surface area contributed by atoms with E-state index in [1.54, 1.807) is 5.38 Å². The molecule has 0 unspecified atom stereocenters. The zero-order valence-electron chi connectivity index (χ0n) is 14.3. The van der Waals surface area contributed by atoms with Crippen LogP contribution in [0.2, 0.25) is 5.02 Å². The second-order valence-electron chi connectivity index (χ2n) is 5.81. The Morgan fingerprint density at radius 3 is 2.57 bits per heavy atom. The SMILES string of the molecule is CCCc1nnc(-c2nc(-c3ccc(CS(=O)(=O)C(F)(F)F)cc3Cl)cs2)s1. The minimum absolute atomic E-state index is 0.0464. The van der Waals surface area contributed by atoms with E-state index < -0.39 is 21.1 Å². The molecule has 12 heteroatoms. The summed E-state index contributed by atoms with van der Waals surface area (Å²) in [6, 6.07) is 3.97. The first-order chi connectivity index (χ1) is 13.1. The minimum Gasteiger partial charge on any atom is -0.233 e. The fraction of sp³-hybridized carbons (Fsp3) is 0.312. The summed E-state index contributed by atoms with van der Waals surface area (Å²) in [4.78, 5) is 4.47. The van der Waals surface area contributed by atoms with Crippen LogP contribution in [-0.2, 0) is 22.0 Å². The molecule has 0 bridgehead atoms. The van der Waals surface area contributed by atoms with Crippen LogP contribution in [0.5, 0.6) is 0 Å². The molecule has 0 fully saturated rings. The number of hydrogen-bond donors (Lipinski definition) is 0. The van der Waals surface area contributed by atoms with Crippen molar-refractivity contribution < 1.29 is 21.6 Å². The third-order valence-electron chi connectivity index (χ3n) is 3.64. The molecular formula is C16H13ClF3N3O2S3. The summed E-state index contributed by atoms with van der Waals surface area (Å²) in [5.74, 6) is -1.16. The Bertz CT molecular complexity index is 1090. The first-order valence-electron chi connectivity index (χ1n) is 7.97. The second kappa shape index (κ2) is 8.05. The highest BCUT2D eigenvalue weighted by Crippen LogP contribution is 2.35. The number of thiazole rings is 1. The molecule has 0 aliphatic heterocycles. The van der Waals surface area contributed by atoms with Gasteiger partial charge in [0.25, 0.3) is 9.84 Å². The van der Waals surface area contributed by atoms with Gasteiger partial charge in [0.05, 0.1) is 16.5 Å². The van der Waals surface area contributed by atoms with E-state index >= 15 is 0 Å². The van der Waals surface area contributed by atoms with Gasteiger partial charge in [0.15, 0.2) is 10.0 Å². The summed E-state index contributed by atoms with van der Waals surface area (Å²) >= 11 is 8.97. The molecule has 0 N–H and O–H groups in total. The maximum atomic E-state index is 12.5. The Morgan fingerprint density at radius 1 is 1.18 bits per heavy atom. The molecule has 0 saturated carbocycles. The molecule has 3 aromatic rings. The quantitative estimate of drug-likeness (QED) is 0.487. The zero-order valence-corrected chi connectivity index (χ0v) is 17.5. The third kappa shape index (κ3) is 4.53. The molecule has 3 rings (SSSR count). The molecule has 150 valence electrons. The van der Waals surface area contributed by atoms with Crippen LogP contribution in [0.1, 0.15) is 23.9 Å². The maximum Gasteiger partial charge on any atom is 0.497 e. The average Bonchev–Trinajstić information content (AvgIpc) is 3.23. The minimum atomic E-state index is -5.31. The van der Waals surface area contributed by atoms with Gasteiger partial charge in [0.2, 0.25) is 0 Å². The summed E-state index contributed by atoms with van der Waals surface area (Å²) in [5, 5.41) is 12.4. The molecule has 28 heavy (non-hydrogen) atoms. The van der Waals surface area contributed by atoms with Crippen LogP contribution < -0.4 is 0 Å². The predicted molar refractivity (Wildman–Crippen MR) is 104 cm³/mol. The molecule has 0 aliphatic carbocycles. The summed E-state index contributed by atoms with van der Waals surface area (Å²) in [6.07, 6.45) is 1.80. The van der Waals surface area contributed by atoms with Crippen molar-refractivity contribution in [1.82, 2.24) is 15.2 Å². The Morgan fingerprint density at radius 2 is 1.93 bits per heavy atom. The van der Waals surface area contributed by atoms with Crippen molar-refractivity contribution in [3.63, 3.8) is 0 Å². The molecule has 0 radical (unpaired) electrons. The molecule has 0 atom stereocenters. The second-order valence-corrected chi connectivity index (χ2v) is 10.1. The van der Waals surface area contributed by atoms with Gasteiger partial charge in [-0.1, -0.05) is 42.0 Å². The van der Waals surface area contributed by atoms with Gasteiger partial charge < -0.3 is 0 Å². The molecule has 0 amide bonds. The first-order valence-corrected chi connectivity index (χ1v) is 11.7. The lowest BCUT2D eigenvalue weighted by Gasteiger charge is -2.09. The average molecular weight is 468 g/mol. The van der Waals surface area contributed by atoms with Crippen LogP contribution in [0.3, 0.4) is 0 Å². The predicted octanol–water partition coefficient (Wildman–Crippen LogP) is 5.37. The molecular weight excluding hydrogens is 455 g/mol. The highest BCUT2D eigenvalue weighted by molar-refractivity contribution is 7.91. The van der Waals surface area contributed by atoms with E-state index in [2.05, 4.69) is 15.2 Å². The van der Waals surface area contributed by atoms with Gasteiger partial charge in [0.1, 0.15) is 5.01 Å². The molecule has 2 aromatic heterocycles. The van der Waals surface area contributed by atoms with E-state index in [9.17, 15) is 21.6 Å². The number of nitrogens with zero attached hydrogens (tertiary/aromatic N) is 3. The fourth-order valence-corrected chi connectivity index (χ4v) is 5.18. The van der Waals surface area contributed by atoms with E-state index in [4.69, 9.17) is 11.6 Å². The van der Waals surface area contributed by atoms with Crippen molar-refractivity contribution in [2.75, 3.05) is 0 Å². The van der Waals surface area contributed by atoms with Gasteiger partial charge in [-0.3, -0.25) is 0 Å². The number of halogens is 4. The van der Waals surface area contributed by atoms with E-state index in [1.165, 1.54) is 40.9 Å². The van der Waals surface area contributed by atoms with Crippen LogP contribution in [-0.4, -0.2) is 29.1 Å². The van der Waals surface area contributed by atoms with Crippen molar-refractivity contribution in [2.24, 2.45) is 0 Å². The van der Waals surface area contributed by atoms with Crippen LogP contribution >= 0.6 is 34.3 Å². The highest BCUT2D eigenvalue weighted by atomic mass is 35.5. The van der Waals surface area contributed by atoms with Gasteiger partial charge in [-0.25, -0.2) is 13.4 Å². The molecule has 2 heterocycles. The normalized spacial score (nSPS) is 12.5. The van der Waals surface area contributed by atoms with Gasteiger partial charge in [-0.2, -0.15) is 13.2 Å². The number of rotatable bonds is 6. The fourth-order valence-electron chi connectivity index (χ4n) is 2.31. The number of aromatic nitrogens is 3. The maximum absolute atomic E-state index is 12.5. The summed E-state index contributed by atoms with van der Waals surface area (Å²) in [7, 11) is -5.27. The number of alkyl halides is 3. The van der Waals surface area contributed by atoms with Crippen LogP contribution in [0.25, 0.3) is 21.3 Å². The van der Waals surface area contributed by atoms with Crippen molar-refractivity contribution >= 4 is 44.1 Å². The van der Waals surface area contributed by atoms with E-state index in [0.29, 0.717) is 21.3 Å². The number of aryl methyl sites for hydroxylation is 1. The number of benzene rings is 1. The van der Waals surface area contributed by atoms with Crippen molar-refractivity contribution in [3.8, 4) is 21.3 Å². The molecule has 0 spiro atoms. The zero-order chi connectivity index (χ0) is 20.5. The number of hydrogen-bond acceptors (Lipinski definition) is 7. The highest BCUT2D eigenvalue weighted by Gasteiger charge is 2.45. The molecule has 0 aliphatic rings. The summed E-state index contributed by atoms with van der Waals surface area (Å²) in [5.41, 5.74) is -4.33. The van der Waals surface area contributed by atoms with E-state index in [0.717, 1.165) is 17.8 Å². The third-order valence-corrected chi connectivity index (χ3v) is 7.34. The smallest absolute Gasteiger partial charge is 0.233 e. The Kier molecular flexibility index (Phi) is 6.08. The standard InChI is InChI=1S/C16H13ClF3N3O2S3/c1-2-3-13-22-23-15(27-13)14-21-12(7-26-14)10-5-4-9(6-11(10)17)8-28(24,25)16(18,19)20/h4-7H,2-3,8H2,1H3. The monoisotopic (exact) mass is 467 g/mol. The van der Waals surface area contributed by atoms with Gasteiger partial charge in [-0.15, -0.1) is 21.5 Å². The van der Waals surface area contributed by atoms with E-state index in [-0.39, 0.29) is 10.6 Å². The van der Waals surface area contributed by atoms with Crippen molar-refractivity contribution in [3.05, 3.63) is 39.2 Å². The Hall–Kier alpha value is -1.56. The first kappa shape index (κ1) is 21.2. The summed E-state index contributed by atoms with van der Waals surface area (Å²) in [6.45, 7) is 2.05. The molecule has 1 aromatic carbocycles. The lowest BCUT2D eigenvalue weighted by Crippen LogP contribution is -2.24. The lowest BCUT2D eigenvalue weighted by atomic mass is 10.1. The lowest BCUT2D eigenvalue weighted by molar-refractivity contribution is -0.0437. The Balaban J connectivity index is 1.84. The van der Waals surface area contributed by atoms with Crippen LogP contribution in [0.15, 0.2) is 23.6 Å². The molecule has 0 saturated heterocycles. The molecule has 5 nitrogen and oxygen atoms in total. The number of sulfone groups is 1. The topological polar surface area (TPSA) is 72.8 Å². The summed E-state index contributed by atoms with van der Waals surface area (Å²) < 4.78 is 60.2. The largest absolute Gasteiger partial charge is 0.497 e. The van der Waals surface area contributed by atoms with Crippen molar-refractivity contribution in [1.29, 1.82) is 0 Å². The van der Waals surface area contributed by atoms with Crippen molar-refractivity contribution in [2.45, 2.75) is 31.0 Å². The van der Waals surface area contributed by atoms with E-state index in [1.807, 2.05) is 6.92 Å². The van der Waals surface area contributed by atoms with Gasteiger partial charge in [0, 0.05) is 17.4 Å². The van der Waals surface area contributed by atoms with Gasteiger partial charge in [-0.05, 0) is 18.1 Å².